The molecule has 0 bridgehead atoms. The quantitative estimate of drug-likeness (QED) is 0.272. The molecule has 6 rings (SSSR count). The van der Waals surface area contributed by atoms with Gasteiger partial charge in [-0.05, 0) is 45.2 Å². The van der Waals surface area contributed by atoms with Gasteiger partial charge in [-0.15, -0.1) is 0 Å². The molecule has 0 spiro atoms. The molecule has 1 aliphatic rings. The molecule has 0 saturated carbocycles. The summed E-state index contributed by atoms with van der Waals surface area (Å²) in [5.41, 5.74) is 6.06. The zero-order valence-corrected chi connectivity index (χ0v) is 19.5. The van der Waals surface area contributed by atoms with Crippen molar-refractivity contribution in [1.82, 2.24) is 0 Å². The van der Waals surface area contributed by atoms with Crippen molar-refractivity contribution in [3.63, 3.8) is 0 Å². The molecule has 0 aliphatic heterocycles. The summed E-state index contributed by atoms with van der Waals surface area (Å²) in [6.07, 6.45) is -0.589. The maximum Gasteiger partial charge on any atom is 0.411 e. The van der Waals surface area contributed by atoms with E-state index in [4.69, 9.17) is 4.74 Å². The van der Waals surface area contributed by atoms with Gasteiger partial charge >= 0.3 is 6.09 Å². The van der Waals surface area contributed by atoms with Crippen LogP contribution in [0.1, 0.15) is 33.0 Å². The zero-order valence-electron chi connectivity index (χ0n) is 19.5. The van der Waals surface area contributed by atoms with Gasteiger partial charge in [-0.25, -0.2) is 4.79 Å². The SMILES string of the molecule is O=C(Nc1cc2ccccc2cc1C(=O)c1ccccc1)OCC1c2ccccc2-c2ccccc21. The van der Waals surface area contributed by atoms with Crippen molar-refractivity contribution in [2.45, 2.75) is 5.92 Å². The Kier molecular flexibility index (Phi) is 5.55. The van der Waals surface area contributed by atoms with Crippen molar-refractivity contribution in [2.24, 2.45) is 0 Å². The van der Waals surface area contributed by atoms with Crippen molar-refractivity contribution in [3.05, 3.63) is 138 Å². The minimum absolute atomic E-state index is 0.0369. The number of carbonyl (C=O) groups is 2. The minimum Gasteiger partial charge on any atom is -0.448 e. The van der Waals surface area contributed by atoms with Crippen LogP contribution in [0.15, 0.2) is 115 Å². The third-order valence-electron chi connectivity index (χ3n) is 6.75. The standard InChI is InChI=1S/C32H23NO3/c34-31(21-10-2-1-3-11-21)28-18-22-12-4-5-13-23(22)19-30(28)33-32(35)36-20-29-26-16-8-6-14-24(26)25-15-7-9-17-27(25)29/h1-19,29H,20H2,(H,33,35). The van der Waals surface area contributed by atoms with Crippen LogP contribution in [-0.4, -0.2) is 18.5 Å². The van der Waals surface area contributed by atoms with Gasteiger partial charge in [0.1, 0.15) is 6.61 Å². The summed E-state index contributed by atoms with van der Waals surface area (Å²) < 4.78 is 5.73. The Bertz CT molecular complexity index is 1560. The van der Waals surface area contributed by atoms with Crippen LogP contribution in [0.25, 0.3) is 21.9 Å². The summed E-state index contributed by atoms with van der Waals surface area (Å²) >= 11 is 0. The van der Waals surface area contributed by atoms with E-state index in [1.165, 1.54) is 11.1 Å². The normalized spacial score (nSPS) is 12.1. The molecule has 36 heavy (non-hydrogen) atoms. The molecule has 5 aromatic rings. The number of anilines is 1. The predicted octanol–water partition coefficient (Wildman–Crippen LogP) is 7.43. The van der Waals surface area contributed by atoms with E-state index in [1.54, 1.807) is 12.1 Å². The first-order valence-corrected chi connectivity index (χ1v) is 11.9. The van der Waals surface area contributed by atoms with E-state index in [0.29, 0.717) is 16.8 Å². The fraction of sp³-hybridized carbons (Fsp3) is 0.0625. The summed E-state index contributed by atoms with van der Waals surface area (Å²) in [6, 6.07) is 36.9. The van der Waals surface area contributed by atoms with E-state index in [9.17, 15) is 9.59 Å². The molecule has 0 unspecified atom stereocenters. The molecule has 4 heteroatoms. The molecule has 0 heterocycles. The number of fused-ring (bicyclic) bond motifs is 4. The lowest BCUT2D eigenvalue weighted by Gasteiger charge is -2.16. The Labute approximate surface area is 209 Å². The largest absolute Gasteiger partial charge is 0.448 e. The van der Waals surface area contributed by atoms with E-state index >= 15 is 0 Å². The van der Waals surface area contributed by atoms with Gasteiger partial charge in [0.15, 0.2) is 5.78 Å². The van der Waals surface area contributed by atoms with Crippen LogP contribution in [0.3, 0.4) is 0 Å². The van der Waals surface area contributed by atoms with E-state index in [0.717, 1.165) is 21.9 Å². The number of benzene rings is 5. The Morgan fingerprint density at radius 2 is 1.22 bits per heavy atom. The van der Waals surface area contributed by atoms with E-state index < -0.39 is 6.09 Å². The number of carbonyl (C=O) groups excluding carboxylic acids is 2. The molecule has 174 valence electrons. The second-order valence-electron chi connectivity index (χ2n) is 8.89. The fourth-order valence-corrected chi connectivity index (χ4v) is 5.02. The monoisotopic (exact) mass is 469 g/mol. The van der Waals surface area contributed by atoms with Crippen LogP contribution in [0.2, 0.25) is 0 Å². The van der Waals surface area contributed by atoms with E-state index in [2.05, 4.69) is 29.6 Å². The van der Waals surface area contributed by atoms with Crippen LogP contribution in [0.5, 0.6) is 0 Å². The highest BCUT2D eigenvalue weighted by Crippen LogP contribution is 2.44. The molecular formula is C32H23NO3. The molecule has 1 aliphatic carbocycles. The smallest absolute Gasteiger partial charge is 0.411 e. The van der Waals surface area contributed by atoms with E-state index in [-0.39, 0.29) is 18.3 Å². The number of ether oxygens (including phenoxy) is 1. The third kappa shape index (κ3) is 3.93. The van der Waals surface area contributed by atoms with Gasteiger partial charge < -0.3 is 4.74 Å². The number of nitrogens with one attached hydrogen (secondary N) is 1. The van der Waals surface area contributed by atoms with Gasteiger partial charge in [0.2, 0.25) is 0 Å². The molecule has 0 atom stereocenters. The van der Waals surface area contributed by atoms with Gasteiger partial charge in [-0.2, -0.15) is 0 Å². The van der Waals surface area contributed by atoms with Crippen molar-refractivity contribution in [2.75, 3.05) is 11.9 Å². The number of amides is 1. The maximum absolute atomic E-state index is 13.3. The molecule has 4 nitrogen and oxygen atoms in total. The first-order chi connectivity index (χ1) is 17.7. The third-order valence-corrected chi connectivity index (χ3v) is 6.75. The zero-order chi connectivity index (χ0) is 24.5. The number of ketones is 1. The van der Waals surface area contributed by atoms with Crippen molar-refractivity contribution in [1.29, 1.82) is 0 Å². The highest BCUT2D eigenvalue weighted by Gasteiger charge is 2.29. The maximum atomic E-state index is 13.3. The molecule has 1 amide bonds. The number of hydrogen-bond acceptors (Lipinski definition) is 3. The average molecular weight is 470 g/mol. The molecule has 5 aromatic carbocycles. The summed E-state index contributed by atoms with van der Waals surface area (Å²) in [5, 5.41) is 4.70. The highest BCUT2D eigenvalue weighted by molar-refractivity contribution is 6.15. The Hall–Kier alpha value is -4.70. The second kappa shape index (κ2) is 9.16. The van der Waals surface area contributed by atoms with Gasteiger partial charge in [0, 0.05) is 17.0 Å². The lowest BCUT2D eigenvalue weighted by molar-refractivity contribution is 0.103. The van der Waals surface area contributed by atoms with Crippen molar-refractivity contribution in [3.8, 4) is 11.1 Å². The van der Waals surface area contributed by atoms with Gasteiger partial charge in [0.05, 0.1) is 5.69 Å². The first-order valence-electron chi connectivity index (χ1n) is 11.9. The minimum atomic E-state index is -0.589. The molecule has 0 saturated heterocycles. The molecule has 0 radical (unpaired) electrons. The van der Waals surface area contributed by atoms with Crippen molar-refractivity contribution >= 4 is 28.3 Å². The van der Waals surface area contributed by atoms with Crippen molar-refractivity contribution < 1.29 is 14.3 Å². The van der Waals surface area contributed by atoms with Crippen LogP contribution in [0, 0.1) is 0 Å². The Balaban J connectivity index is 1.27. The summed E-state index contributed by atoms with van der Waals surface area (Å²) in [6.45, 7) is 0.204. The Morgan fingerprint density at radius 3 is 1.89 bits per heavy atom. The molecule has 1 N–H and O–H groups in total. The molecular weight excluding hydrogens is 446 g/mol. The van der Waals surface area contributed by atoms with Crippen LogP contribution < -0.4 is 5.32 Å². The second-order valence-corrected chi connectivity index (χ2v) is 8.89. The molecule has 0 fully saturated rings. The number of hydrogen-bond donors (Lipinski definition) is 1. The van der Waals surface area contributed by atoms with E-state index in [1.807, 2.05) is 78.9 Å². The van der Waals surface area contributed by atoms with Gasteiger partial charge in [0.25, 0.3) is 0 Å². The Morgan fingerprint density at radius 1 is 0.667 bits per heavy atom. The predicted molar refractivity (Wildman–Crippen MR) is 143 cm³/mol. The fourth-order valence-electron chi connectivity index (χ4n) is 5.02. The highest BCUT2D eigenvalue weighted by atomic mass is 16.5. The lowest BCUT2D eigenvalue weighted by atomic mass is 9.98. The molecule has 0 aromatic heterocycles. The number of rotatable bonds is 5. The first kappa shape index (κ1) is 21.8. The summed E-state index contributed by atoms with van der Waals surface area (Å²) in [7, 11) is 0. The summed E-state index contributed by atoms with van der Waals surface area (Å²) in [4.78, 5) is 26.3. The van der Waals surface area contributed by atoms with Crippen LogP contribution in [-0.2, 0) is 4.74 Å². The topological polar surface area (TPSA) is 55.4 Å². The lowest BCUT2D eigenvalue weighted by Crippen LogP contribution is -2.19. The van der Waals surface area contributed by atoms with Gasteiger partial charge in [-0.1, -0.05) is 103 Å². The average Bonchev–Trinajstić information content (AvgIpc) is 3.25. The van der Waals surface area contributed by atoms with Gasteiger partial charge in [-0.3, -0.25) is 10.1 Å². The summed E-state index contributed by atoms with van der Waals surface area (Å²) in [5.74, 6) is -0.194. The van der Waals surface area contributed by atoms with Crippen LogP contribution >= 0.6 is 0 Å². The van der Waals surface area contributed by atoms with Crippen LogP contribution in [0.4, 0.5) is 10.5 Å².